The van der Waals surface area contributed by atoms with E-state index in [2.05, 4.69) is 31.4 Å². The van der Waals surface area contributed by atoms with Crippen LogP contribution < -0.4 is 10.9 Å². The first-order valence-electron chi connectivity index (χ1n) is 9.04. The van der Waals surface area contributed by atoms with Crippen molar-refractivity contribution in [3.63, 3.8) is 0 Å². The summed E-state index contributed by atoms with van der Waals surface area (Å²) >= 11 is 1.16. The molecule has 0 bridgehead atoms. The lowest BCUT2D eigenvalue weighted by molar-refractivity contribution is -0.119. The van der Waals surface area contributed by atoms with E-state index < -0.39 is 5.91 Å². The van der Waals surface area contributed by atoms with Crippen LogP contribution in [-0.4, -0.2) is 42.8 Å². The second-order valence-corrected chi connectivity index (χ2v) is 7.27. The van der Waals surface area contributed by atoms with Crippen molar-refractivity contribution in [2.75, 3.05) is 5.75 Å². The molecule has 4 rings (SSSR count). The van der Waals surface area contributed by atoms with E-state index in [9.17, 15) is 9.59 Å². The third-order valence-corrected chi connectivity index (χ3v) is 5.10. The van der Waals surface area contributed by atoms with Crippen LogP contribution in [0.1, 0.15) is 16.1 Å². The standard InChI is InChI=1S/C20H17N7O2S/c1-13-11-16(15-9-5-6-10-17(15)21-13)19(29)23-22-18(28)12-30-20-24-25-26-27(20)14-7-3-2-4-8-14/h2-11H,12H2,1H3,(H,22,28)(H,23,29). The summed E-state index contributed by atoms with van der Waals surface area (Å²) in [6.07, 6.45) is 0. The fourth-order valence-corrected chi connectivity index (χ4v) is 3.55. The molecule has 4 aromatic rings. The Morgan fingerprint density at radius 1 is 1.03 bits per heavy atom. The number of hydrogen-bond donors (Lipinski definition) is 2. The van der Waals surface area contributed by atoms with Gasteiger partial charge in [0.1, 0.15) is 0 Å². The highest BCUT2D eigenvalue weighted by Gasteiger charge is 2.14. The van der Waals surface area contributed by atoms with Gasteiger partial charge < -0.3 is 0 Å². The van der Waals surface area contributed by atoms with Crippen LogP contribution in [0, 0.1) is 6.92 Å². The van der Waals surface area contributed by atoms with E-state index in [0.29, 0.717) is 21.8 Å². The maximum Gasteiger partial charge on any atom is 0.270 e. The Kier molecular flexibility index (Phi) is 5.66. The van der Waals surface area contributed by atoms with Crippen molar-refractivity contribution in [3.8, 4) is 5.69 Å². The number of rotatable bonds is 5. The number of thioether (sulfide) groups is 1. The molecule has 150 valence electrons. The Bertz CT molecular complexity index is 1210. The van der Waals surface area contributed by atoms with Gasteiger partial charge in [-0.15, -0.1) is 5.10 Å². The summed E-state index contributed by atoms with van der Waals surface area (Å²) in [5.41, 5.74) is 7.56. The zero-order chi connectivity index (χ0) is 20.9. The summed E-state index contributed by atoms with van der Waals surface area (Å²) in [6, 6.07) is 18.4. The van der Waals surface area contributed by atoms with Gasteiger partial charge in [-0.05, 0) is 41.6 Å². The van der Waals surface area contributed by atoms with Crippen LogP contribution >= 0.6 is 11.8 Å². The first-order chi connectivity index (χ1) is 14.6. The number of nitrogens with zero attached hydrogens (tertiary/aromatic N) is 5. The predicted octanol–water partition coefficient (Wildman–Crippen LogP) is 2.07. The number of hydrogen-bond acceptors (Lipinski definition) is 7. The molecule has 0 unspecified atom stereocenters. The number of para-hydroxylation sites is 2. The lowest BCUT2D eigenvalue weighted by atomic mass is 10.1. The van der Waals surface area contributed by atoms with Gasteiger partial charge in [0.25, 0.3) is 5.91 Å². The SMILES string of the molecule is Cc1cc(C(=O)NNC(=O)CSc2nnnn2-c2ccccc2)c2ccccc2n1. The average Bonchev–Trinajstić information content (AvgIpc) is 3.24. The number of aromatic nitrogens is 5. The van der Waals surface area contributed by atoms with E-state index in [1.807, 2.05) is 61.5 Å². The van der Waals surface area contributed by atoms with Crippen molar-refractivity contribution < 1.29 is 9.59 Å². The molecule has 0 aliphatic rings. The second kappa shape index (κ2) is 8.70. The fraction of sp³-hybridized carbons (Fsp3) is 0.100. The highest BCUT2D eigenvalue weighted by atomic mass is 32.2. The Labute approximate surface area is 175 Å². The molecule has 0 saturated carbocycles. The van der Waals surface area contributed by atoms with Crippen molar-refractivity contribution >= 4 is 34.5 Å². The molecule has 0 aliphatic carbocycles. The van der Waals surface area contributed by atoms with Crippen LogP contribution in [0.15, 0.2) is 65.8 Å². The van der Waals surface area contributed by atoms with Crippen molar-refractivity contribution in [1.82, 2.24) is 36.0 Å². The van der Waals surface area contributed by atoms with Crippen LogP contribution in [0.2, 0.25) is 0 Å². The molecule has 2 amide bonds. The van der Waals surface area contributed by atoms with Crippen LogP contribution in [0.5, 0.6) is 0 Å². The van der Waals surface area contributed by atoms with Gasteiger partial charge in [-0.3, -0.25) is 25.4 Å². The van der Waals surface area contributed by atoms with Gasteiger partial charge in [0.05, 0.1) is 22.5 Å². The maximum absolute atomic E-state index is 12.6. The van der Waals surface area contributed by atoms with Crippen LogP contribution in [0.3, 0.4) is 0 Å². The number of nitrogens with one attached hydrogen (secondary N) is 2. The minimum Gasteiger partial charge on any atom is -0.272 e. The monoisotopic (exact) mass is 419 g/mol. The number of amides is 2. The summed E-state index contributed by atoms with van der Waals surface area (Å²) in [7, 11) is 0. The lowest BCUT2D eigenvalue weighted by Crippen LogP contribution is -2.42. The number of pyridine rings is 1. The molecule has 0 aliphatic heterocycles. The first-order valence-corrected chi connectivity index (χ1v) is 10.0. The minimum atomic E-state index is -0.413. The quantitative estimate of drug-likeness (QED) is 0.376. The molecule has 0 radical (unpaired) electrons. The van der Waals surface area contributed by atoms with Crippen molar-refractivity contribution in [2.45, 2.75) is 12.1 Å². The van der Waals surface area contributed by atoms with Gasteiger partial charge in [-0.25, -0.2) is 0 Å². The van der Waals surface area contributed by atoms with E-state index in [-0.39, 0.29) is 11.7 Å². The molecule has 2 aromatic heterocycles. The van der Waals surface area contributed by atoms with E-state index in [0.717, 1.165) is 23.0 Å². The zero-order valence-electron chi connectivity index (χ0n) is 15.9. The molecular formula is C20H17N7O2S. The number of carbonyl (C=O) groups excluding carboxylic acids is 2. The van der Waals surface area contributed by atoms with Crippen LogP contribution in [0.25, 0.3) is 16.6 Å². The Balaban J connectivity index is 1.37. The number of fused-ring (bicyclic) bond motifs is 1. The van der Waals surface area contributed by atoms with Gasteiger partial charge in [0.2, 0.25) is 11.1 Å². The molecule has 30 heavy (non-hydrogen) atoms. The Hall–Kier alpha value is -3.79. The summed E-state index contributed by atoms with van der Waals surface area (Å²) < 4.78 is 1.54. The third-order valence-electron chi connectivity index (χ3n) is 4.18. The largest absolute Gasteiger partial charge is 0.272 e. The van der Waals surface area contributed by atoms with E-state index in [1.165, 1.54) is 0 Å². The molecule has 10 heteroatoms. The Morgan fingerprint density at radius 2 is 1.80 bits per heavy atom. The summed E-state index contributed by atoms with van der Waals surface area (Å²) in [4.78, 5) is 29.2. The molecule has 0 fully saturated rings. The molecule has 0 spiro atoms. The van der Waals surface area contributed by atoms with Crippen molar-refractivity contribution in [2.24, 2.45) is 0 Å². The Morgan fingerprint density at radius 3 is 2.63 bits per heavy atom. The van der Waals surface area contributed by atoms with Gasteiger partial charge in [0.15, 0.2) is 0 Å². The fourth-order valence-electron chi connectivity index (χ4n) is 2.86. The van der Waals surface area contributed by atoms with Gasteiger partial charge in [0, 0.05) is 11.1 Å². The highest BCUT2D eigenvalue weighted by molar-refractivity contribution is 7.99. The number of carbonyl (C=O) groups is 2. The summed E-state index contributed by atoms with van der Waals surface area (Å²) in [6.45, 7) is 1.81. The highest BCUT2D eigenvalue weighted by Crippen LogP contribution is 2.19. The second-order valence-electron chi connectivity index (χ2n) is 6.33. The molecule has 2 heterocycles. The number of aryl methyl sites for hydroxylation is 1. The number of hydrazine groups is 1. The van der Waals surface area contributed by atoms with E-state index in [4.69, 9.17) is 0 Å². The predicted molar refractivity (Wildman–Crippen MR) is 112 cm³/mol. The van der Waals surface area contributed by atoms with Gasteiger partial charge in [-0.2, -0.15) is 4.68 Å². The van der Waals surface area contributed by atoms with Crippen LogP contribution in [0.4, 0.5) is 0 Å². The topological polar surface area (TPSA) is 115 Å². The maximum atomic E-state index is 12.6. The van der Waals surface area contributed by atoms with Gasteiger partial charge >= 0.3 is 0 Å². The summed E-state index contributed by atoms with van der Waals surface area (Å²) in [5, 5.41) is 12.7. The van der Waals surface area contributed by atoms with E-state index in [1.54, 1.807) is 10.7 Å². The lowest BCUT2D eigenvalue weighted by Gasteiger charge is -2.10. The molecule has 2 N–H and O–H groups in total. The molecule has 9 nitrogen and oxygen atoms in total. The first kappa shape index (κ1) is 19.5. The van der Waals surface area contributed by atoms with Gasteiger partial charge in [-0.1, -0.05) is 48.2 Å². The number of tetrazole rings is 1. The van der Waals surface area contributed by atoms with E-state index >= 15 is 0 Å². The molecule has 0 saturated heterocycles. The zero-order valence-corrected chi connectivity index (χ0v) is 16.8. The normalized spacial score (nSPS) is 10.7. The van der Waals surface area contributed by atoms with Crippen molar-refractivity contribution in [1.29, 1.82) is 0 Å². The summed E-state index contributed by atoms with van der Waals surface area (Å²) in [5.74, 6) is -0.765. The average molecular weight is 419 g/mol. The third kappa shape index (κ3) is 4.28. The minimum absolute atomic E-state index is 0.0314. The molecular weight excluding hydrogens is 402 g/mol. The molecule has 0 atom stereocenters. The molecule has 2 aromatic carbocycles. The number of benzene rings is 2. The smallest absolute Gasteiger partial charge is 0.270 e. The van der Waals surface area contributed by atoms with Crippen molar-refractivity contribution in [3.05, 3.63) is 71.9 Å². The van der Waals surface area contributed by atoms with Crippen LogP contribution in [-0.2, 0) is 4.79 Å².